The van der Waals surface area contributed by atoms with Gasteiger partial charge in [0.2, 0.25) is 0 Å². The van der Waals surface area contributed by atoms with Crippen LogP contribution in [-0.2, 0) is 5.41 Å². The van der Waals surface area contributed by atoms with E-state index in [1.54, 1.807) is 0 Å². The molecule has 0 amide bonds. The summed E-state index contributed by atoms with van der Waals surface area (Å²) in [7, 11) is 0. The van der Waals surface area contributed by atoms with Gasteiger partial charge in [-0.3, -0.25) is 0 Å². The molecular weight excluding hydrogens is 623 g/mol. The summed E-state index contributed by atoms with van der Waals surface area (Å²) in [5, 5.41) is 4.34. The van der Waals surface area contributed by atoms with Gasteiger partial charge in [-0.1, -0.05) is 147 Å². The largest absolute Gasteiger partial charge is 0.245 e. The van der Waals surface area contributed by atoms with Crippen molar-refractivity contribution in [3.63, 3.8) is 0 Å². The minimum absolute atomic E-state index is 0.0865. The van der Waals surface area contributed by atoms with Gasteiger partial charge in [-0.05, 0) is 51.2 Å². The molecule has 0 aliphatic heterocycles. The second kappa shape index (κ2) is 11.2. The molecule has 9 aromatic rings. The van der Waals surface area contributed by atoms with Crippen molar-refractivity contribution in [2.45, 2.75) is 19.3 Å². The van der Waals surface area contributed by atoms with Crippen LogP contribution in [0.1, 0.15) is 25.0 Å². The smallest absolute Gasteiger partial charge is 0.182 e. The predicted octanol–water partition coefficient (Wildman–Crippen LogP) is 11.1. The minimum Gasteiger partial charge on any atom is -0.245 e. The Bertz CT molecular complexity index is 2840. The van der Waals surface area contributed by atoms with Crippen LogP contribution in [0.15, 0.2) is 152 Å². The molecule has 10 rings (SSSR count). The van der Waals surface area contributed by atoms with Crippen LogP contribution in [0.5, 0.6) is 0 Å². The third-order valence-corrected chi connectivity index (χ3v) is 10.3. The number of fused-ring (bicyclic) bond motifs is 7. The van der Waals surface area contributed by atoms with Crippen LogP contribution >= 0.6 is 0 Å². The molecule has 3 heterocycles. The SMILES string of the molecule is CC1(C)c2ccccc2-c2c(-c3ccc4ccc5ccc(-c6nc(-c7ccccc7)nc(-c7ccc8ccccc8c7)n6)nc5c4n3)cccc21. The van der Waals surface area contributed by atoms with Gasteiger partial charge >= 0.3 is 0 Å². The number of pyridine rings is 2. The zero-order valence-electron chi connectivity index (χ0n) is 28.2. The lowest BCUT2D eigenvalue weighted by molar-refractivity contribution is 0.660. The minimum atomic E-state index is -0.0865. The summed E-state index contributed by atoms with van der Waals surface area (Å²) in [6.07, 6.45) is 0. The Hall–Kier alpha value is -6.59. The van der Waals surface area contributed by atoms with Crippen LogP contribution in [0.25, 0.3) is 89.3 Å². The molecule has 51 heavy (non-hydrogen) atoms. The van der Waals surface area contributed by atoms with Gasteiger partial charge in [0, 0.05) is 32.9 Å². The Balaban J connectivity index is 1.15. The first-order valence-electron chi connectivity index (χ1n) is 17.3. The lowest BCUT2D eigenvalue weighted by Gasteiger charge is -2.21. The molecule has 0 unspecified atom stereocenters. The van der Waals surface area contributed by atoms with Gasteiger partial charge < -0.3 is 0 Å². The van der Waals surface area contributed by atoms with Crippen molar-refractivity contribution in [3.8, 4) is 56.7 Å². The van der Waals surface area contributed by atoms with E-state index in [1.807, 2.05) is 42.5 Å². The van der Waals surface area contributed by atoms with Crippen LogP contribution in [0.4, 0.5) is 0 Å². The quantitative estimate of drug-likeness (QED) is 0.177. The number of nitrogens with zero attached hydrogens (tertiary/aromatic N) is 5. The van der Waals surface area contributed by atoms with E-state index in [4.69, 9.17) is 24.9 Å². The molecule has 1 aliphatic rings. The fourth-order valence-electron chi connectivity index (χ4n) is 7.67. The molecule has 5 nitrogen and oxygen atoms in total. The number of hydrogen-bond donors (Lipinski definition) is 0. The first-order chi connectivity index (χ1) is 25.0. The topological polar surface area (TPSA) is 64.5 Å². The van der Waals surface area contributed by atoms with Crippen LogP contribution in [0.3, 0.4) is 0 Å². The Labute approximate surface area is 295 Å². The summed E-state index contributed by atoms with van der Waals surface area (Å²) < 4.78 is 0. The Kier molecular flexibility index (Phi) is 6.46. The summed E-state index contributed by atoms with van der Waals surface area (Å²) in [5.41, 5.74) is 11.4. The van der Waals surface area contributed by atoms with E-state index < -0.39 is 0 Å². The van der Waals surface area contributed by atoms with Gasteiger partial charge in [0.25, 0.3) is 0 Å². The van der Waals surface area contributed by atoms with E-state index in [0.29, 0.717) is 23.2 Å². The molecule has 0 saturated heterocycles. The highest BCUT2D eigenvalue weighted by molar-refractivity contribution is 6.04. The lowest BCUT2D eigenvalue weighted by atomic mass is 9.82. The van der Waals surface area contributed by atoms with Crippen molar-refractivity contribution in [3.05, 3.63) is 163 Å². The van der Waals surface area contributed by atoms with Crippen molar-refractivity contribution in [1.82, 2.24) is 24.9 Å². The maximum absolute atomic E-state index is 5.35. The normalized spacial score (nSPS) is 13.1. The van der Waals surface area contributed by atoms with Gasteiger partial charge in [0.15, 0.2) is 17.5 Å². The van der Waals surface area contributed by atoms with Gasteiger partial charge in [0.05, 0.1) is 16.7 Å². The van der Waals surface area contributed by atoms with E-state index in [-0.39, 0.29) is 5.41 Å². The molecule has 0 N–H and O–H groups in total. The third kappa shape index (κ3) is 4.73. The molecule has 3 aromatic heterocycles. The summed E-state index contributed by atoms with van der Waals surface area (Å²) in [5.74, 6) is 1.72. The molecule has 0 atom stereocenters. The Morgan fingerprint density at radius 2 is 0.941 bits per heavy atom. The van der Waals surface area contributed by atoms with Gasteiger partial charge in [0.1, 0.15) is 5.69 Å². The van der Waals surface area contributed by atoms with Gasteiger partial charge in [-0.25, -0.2) is 24.9 Å². The van der Waals surface area contributed by atoms with Gasteiger partial charge in [-0.15, -0.1) is 0 Å². The van der Waals surface area contributed by atoms with Crippen molar-refractivity contribution in [1.29, 1.82) is 0 Å². The van der Waals surface area contributed by atoms with Crippen LogP contribution in [-0.4, -0.2) is 24.9 Å². The van der Waals surface area contributed by atoms with Crippen LogP contribution in [0, 0.1) is 0 Å². The van der Waals surface area contributed by atoms with E-state index >= 15 is 0 Å². The molecule has 5 heteroatoms. The molecule has 0 spiro atoms. The zero-order valence-corrected chi connectivity index (χ0v) is 28.2. The summed E-state index contributed by atoms with van der Waals surface area (Å²) in [4.78, 5) is 25.6. The number of benzene rings is 6. The summed E-state index contributed by atoms with van der Waals surface area (Å²) in [6.45, 7) is 4.62. The predicted molar refractivity (Wildman–Crippen MR) is 207 cm³/mol. The first-order valence-corrected chi connectivity index (χ1v) is 17.3. The monoisotopic (exact) mass is 653 g/mol. The Morgan fingerprint density at radius 1 is 0.373 bits per heavy atom. The maximum Gasteiger partial charge on any atom is 0.182 e. The van der Waals surface area contributed by atoms with Crippen molar-refractivity contribution >= 4 is 32.6 Å². The summed E-state index contributed by atoms with van der Waals surface area (Å²) in [6, 6.07) is 52.7. The lowest BCUT2D eigenvalue weighted by Crippen LogP contribution is -2.14. The molecule has 0 bridgehead atoms. The second-order valence-corrected chi connectivity index (χ2v) is 13.7. The highest BCUT2D eigenvalue weighted by atomic mass is 15.0. The van der Waals surface area contributed by atoms with Crippen LogP contribution in [0.2, 0.25) is 0 Å². The highest BCUT2D eigenvalue weighted by Crippen LogP contribution is 2.51. The summed E-state index contributed by atoms with van der Waals surface area (Å²) >= 11 is 0. The van der Waals surface area contributed by atoms with E-state index in [0.717, 1.165) is 49.6 Å². The molecule has 240 valence electrons. The zero-order chi connectivity index (χ0) is 34.1. The third-order valence-electron chi connectivity index (χ3n) is 10.3. The average Bonchev–Trinajstić information content (AvgIpc) is 3.43. The fourth-order valence-corrected chi connectivity index (χ4v) is 7.67. The molecule has 0 radical (unpaired) electrons. The van der Waals surface area contributed by atoms with Crippen LogP contribution < -0.4 is 0 Å². The van der Waals surface area contributed by atoms with E-state index in [2.05, 4.69) is 123 Å². The molecule has 0 fully saturated rings. The molecule has 1 aliphatic carbocycles. The average molecular weight is 654 g/mol. The van der Waals surface area contributed by atoms with Gasteiger partial charge in [-0.2, -0.15) is 0 Å². The van der Waals surface area contributed by atoms with Crippen molar-refractivity contribution in [2.75, 3.05) is 0 Å². The van der Waals surface area contributed by atoms with E-state index in [9.17, 15) is 0 Å². The number of rotatable bonds is 4. The van der Waals surface area contributed by atoms with Crippen molar-refractivity contribution < 1.29 is 0 Å². The second-order valence-electron chi connectivity index (χ2n) is 13.7. The molecule has 0 saturated carbocycles. The fraction of sp³-hybridized carbons (Fsp3) is 0.0652. The standard InChI is InChI=1S/C46H31N5/c1-46(2)36-17-9-8-15-34(36)40-35(16-10-18-37(40)46)38-25-23-29-20-21-30-24-26-39(48-42(30)41(29)47-38)45-50-43(31-12-4-3-5-13-31)49-44(51-45)33-22-19-28-11-6-7-14-32(28)27-33/h3-27H,1-2H3. The maximum atomic E-state index is 5.35. The molecule has 6 aromatic carbocycles. The van der Waals surface area contributed by atoms with Crippen molar-refractivity contribution in [2.24, 2.45) is 0 Å². The first kappa shape index (κ1) is 29.3. The Morgan fingerprint density at radius 3 is 1.75 bits per heavy atom. The number of hydrogen-bond acceptors (Lipinski definition) is 5. The number of aromatic nitrogens is 5. The highest BCUT2D eigenvalue weighted by Gasteiger charge is 2.36. The van der Waals surface area contributed by atoms with E-state index in [1.165, 1.54) is 27.6 Å². The molecular formula is C46H31N5.